The zero-order valence-electron chi connectivity index (χ0n) is 13.5. The zero-order valence-corrected chi connectivity index (χ0v) is 13.5. The van der Waals surface area contributed by atoms with Gasteiger partial charge in [0.25, 0.3) is 5.91 Å². The Hall–Kier alpha value is -3.57. The average Bonchev–Trinajstić information content (AvgIpc) is 3.08. The van der Waals surface area contributed by atoms with Crippen LogP contribution in [-0.4, -0.2) is 33.6 Å². The number of hydrogen-bond acceptors (Lipinski definition) is 4. The lowest BCUT2D eigenvalue weighted by Gasteiger charge is -2.23. The van der Waals surface area contributed by atoms with Crippen molar-refractivity contribution in [2.24, 2.45) is 0 Å². The Labute approximate surface area is 149 Å². The number of fused-ring (bicyclic) bond motifs is 1. The van der Waals surface area contributed by atoms with Crippen LogP contribution in [-0.2, 0) is 17.4 Å². The van der Waals surface area contributed by atoms with Crippen LogP contribution in [0.15, 0.2) is 36.8 Å². The van der Waals surface area contributed by atoms with Gasteiger partial charge in [-0.3, -0.25) is 14.8 Å². The number of hydrazine groups is 1. The SMILES string of the molecule is O=C(NNC(=O)C1Cc2cncn2C(=O)N1)Nc1cccc(C(F)(F)F)c1. The molecule has 1 aromatic heterocycles. The van der Waals surface area contributed by atoms with E-state index in [0.29, 0.717) is 5.69 Å². The summed E-state index contributed by atoms with van der Waals surface area (Å²) < 4.78 is 39.2. The summed E-state index contributed by atoms with van der Waals surface area (Å²) in [5, 5.41) is 4.60. The minimum absolute atomic E-state index is 0.105. The molecule has 0 fully saturated rings. The Bertz CT molecular complexity index is 895. The third-order valence-corrected chi connectivity index (χ3v) is 3.71. The van der Waals surface area contributed by atoms with Gasteiger partial charge in [0.1, 0.15) is 12.4 Å². The van der Waals surface area contributed by atoms with Crippen LogP contribution in [0, 0.1) is 0 Å². The van der Waals surface area contributed by atoms with Crippen molar-refractivity contribution in [3.05, 3.63) is 48.0 Å². The lowest BCUT2D eigenvalue weighted by Crippen LogP contribution is -2.56. The number of aromatic nitrogens is 2. The summed E-state index contributed by atoms with van der Waals surface area (Å²) in [6.45, 7) is 0. The summed E-state index contributed by atoms with van der Waals surface area (Å²) in [6.07, 6.45) is -1.64. The number of imidazole rings is 1. The van der Waals surface area contributed by atoms with E-state index in [1.165, 1.54) is 23.2 Å². The molecule has 27 heavy (non-hydrogen) atoms. The van der Waals surface area contributed by atoms with E-state index < -0.39 is 35.8 Å². The molecule has 0 radical (unpaired) electrons. The van der Waals surface area contributed by atoms with Gasteiger partial charge in [-0.15, -0.1) is 0 Å². The standard InChI is InChI=1S/C15H13F3N6O3/c16-15(17,18)8-2-1-3-9(4-8)20-13(26)23-22-12(25)11-5-10-6-19-7-24(10)14(27)21-11/h1-4,6-7,11H,5H2,(H,21,27)(H,22,25)(H2,20,23,26). The Morgan fingerprint density at radius 2 is 2.04 bits per heavy atom. The molecule has 142 valence electrons. The van der Waals surface area contributed by atoms with Crippen molar-refractivity contribution < 1.29 is 27.6 Å². The molecule has 0 saturated heterocycles. The lowest BCUT2D eigenvalue weighted by molar-refractivity contribution is -0.137. The van der Waals surface area contributed by atoms with E-state index in [4.69, 9.17) is 0 Å². The molecule has 2 aromatic rings. The first-order chi connectivity index (χ1) is 12.7. The molecule has 2 heterocycles. The highest BCUT2D eigenvalue weighted by Crippen LogP contribution is 2.30. The highest BCUT2D eigenvalue weighted by Gasteiger charge is 2.31. The first-order valence-corrected chi connectivity index (χ1v) is 7.60. The number of amides is 4. The van der Waals surface area contributed by atoms with Gasteiger partial charge < -0.3 is 10.6 Å². The Kier molecular flexibility index (Phi) is 4.71. The molecule has 1 aliphatic rings. The second kappa shape index (κ2) is 6.97. The van der Waals surface area contributed by atoms with Crippen molar-refractivity contribution in [1.29, 1.82) is 0 Å². The van der Waals surface area contributed by atoms with Crippen LogP contribution in [0.3, 0.4) is 0 Å². The average molecular weight is 382 g/mol. The van der Waals surface area contributed by atoms with Gasteiger partial charge in [-0.1, -0.05) is 6.07 Å². The fourth-order valence-electron chi connectivity index (χ4n) is 2.43. The Morgan fingerprint density at radius 3 is 2.78 bits per heavy atom. The molecule has 4 amide bonds. The fourth-order valence-corrected chi connectivity index (χ4v) is 2.43. The number of halogens is 3. The van der Waals surface area contributed by atoms with Crippen molar-refractivity contribution in [3.63, 3.8) is 0 Å². The summed E-state index contributed by atoms with van der Waals surface area (Å²) in [5.74, 6) is -0.699. The van der Waals surface area contributed by atoms with Crippen molar-refractivity contribution in [1.82, 2.24) is 25.7 Å². The van der Waals surface area contributed by atoms with Crippen molar-refractivity contribution >= 4 is 23.7 Å². The predicted octanol–water partition coefficient (Wildman–Crippen LogP) is 1.24. The highest BCUT2D eigenvalue weighted by molar-refractivity contribution is 5.93. The highest BCUT2D eigenvalue weighted by atomic mass is 19.4. The maximum Gasteiger partial charge on any atom is 0.416 e. The molecule has 4 N–H and O–H groups in total. The minimum Gasteiger partial charge on any atom is -0.325 e. The van der Waals surface area contributed by atoms with E-state index in [-0.39, 0.29) is 12.1 Å². The quantitative estimate of drug-likeness (QED) is 0.585. The second-order valence-electron chi connectivity index (χ2n) is 5.61. The van der Waals surface area contributed by atoms with Crippen molar-refractivity contribution in [3.8, 4) is 0 Å². The monoisotopic (exact) mass is 382 g/mol. The van der Waals surface area contributed by atoms with Crippen molar-refractivity contribution in [2.75, 3.05) is 5.32 Å². The molecule has 0 bridgehead atoms. The smallest absolute Gasteiger partial charge is 0.325 e. The number of carbonyl (C=O) groups is 3. The minimum atomic E-state index is -4.55. The van der Waals surface area contributed by atoms with Crippen LogP contribution in [0.1, 0.15) is 11.3 Å². The zero-order chi connectivity index (χ0) is 19.6. The summed E-state index contributed by atoms with van der Waals surface area (Å²) >= 11 is 0. The number of anilines is 1. The molecule has 3 rings (SSSR count). The van der Waals surface area contributed by atoms with E-state index in [0.717, 1.165) is 18.2 Å². The topological polar surface area (TPSA) is 117 Å². The molecule has 0 aliphatic carbocycles. The van der Waals surface area contributed by atoms with Gasteiger partial charge in [0.15, 0.2) is 0 Å². The third-order valence-electron chi connectivity index (χ3n) is 3.71. The largest absolute Gasteiger partial charge is 0.416 e. The van der Waals surface area contributed by atoms with E-state index >= 15 is 0 Å². The van der Waals surface area contributed by atoms with Crippen LogP contribution in [0.5, 0.6) is 0 Å². The number of urea groups is 1. The molecule has 12 heteroatoms. The van der Waals surface area contributed by atoms with Crippen LogP contribution < -0.4 is 21.5 Å². The van der Waals surface area contributed by atoms with Gasteiger partial charge in [-0.25, -0.2) is 20.0 Å². The third kappa shape index (κ3) is 4.16. The molecular weight excluding hydrogens is 369 g/mol. The second-order valence-corrected chi connectivity index (χ2v) is 5.61. The van der Waals surface area contributed by atoms with Crippen LogP contribution in [0.2, 0.25) is 0 Å². The number of benzene rings is 1. The summed E-state index contributed by atoms with van der Waals surface area (Å²) in [4.78, 5) is 39.4. The van der Waals surface area contributed by atoms with Gasteiger partial charge in [0, 0.05) is 24.0 Å². The van der Waals surface area contributed by atoms with Gasteiger partial charge in [0.05, 0.1) is 5.56 Å². The maximum atomic E-state index is 12.7. The first kappa shape index (κ1) is 18.2. The molecule has 1 unspecified atom stereocenters. The normalized spacial score (nSPS) is 16.1. The number of nitrogens with one attached hydrogen (secondary N) is 4. The van der Waals surface area contributed by atoms with Crippen LogP contribution in [0.4, 0.5) is 28.4 Å². The molecule has 1 atom stereocenters. The molecule has 0 saturated carbocycles. The van der Waals surface area contributed by atoms with E-state index in [1.54, 1.807) is 0 Å². The Morgan fingerprint density at radius 1 is 1.26 bits per heavy atom. The lowest BCUT2D eigenvalue weighted by atomic mass is 10.1. The summed E-state index contributed by atoms with van der Waals surface area (Å²) in [6, 6.07) is 1.59. The summed E-state index contributed by atoms with van der Waals surface area (Å²) in [5.41, 5.74) is 3.60. The first-order valence-electron chi connectivity index (χ1n) is 7.60. The summed E-state index contributed by atoms with van der Waals surface area (Å²) in [7, 11) is 0. The fraction of sp³-hybridized carbons (Fsp3) is 0.200. The van der Waals surface area contributed by atoms with Gasteiger partial charge in [0.2, 0.25) is 0 Å². The van der Waals surface area contributed by atoms with Crippen molar-refractivity contribution in [2.45, 2.75) is 18.6 Å². The van der Waals surface area contributed by atoms with Gasteiger partial charge >= 0.3 is 18.2 Å². The van der Waals surface area contributed by atoms with Crippen LogP contribution in [0.25, 0.3) is 0 Å². The molecule has 0 spiro atoms. The maximum absolute atomic E-state index is 12.7. The number of hydrogen-bond donors (Lipinski definition) is 4. The predicted molar refractivity (Wildman–Crippen MR) is 85.4 cm³/mol. The molecule has 9 nitrogen and oxygen atoms in total. The van der Waals surface area contributed by atoms with Crippen LogP contribution >= 0.6 is 0 Å². The van der Waals surface area contributed by atoms with Gasteiger partial charge in [-0.2, -0.15) is 13.2 Å². The molecule has 1 aliphatic heterocycles. The number of rotatable bonds is 2. The van der Waals surface area contributed by atoms with E-state index in [9.17, 15) is 27.6 Å². The van der Waals surface area contributed by atoms with E-state index in [1.807, 2.05) is 5.43 Å². The van der Waals surface area contributed by atoms with E-state index in [2.05, 4.69) is 21.0 Å². The Balaban J connectivity index is 1.54. The molecule has 1 aromatic carbocycles. The number of carbonyl (C=O) groups excluding carboxylic acids is 3. The number of nitrogens with zero attached hydrogens (tertiary/aromatic N) is 2. The van der Waals surface area contributed by atoms with Gasteiger partial charge in [-0.05, 0) is 18.2 Å². The molecular formula is C15H13F3N6O3. The number of alkyl halides is 3.